The molecule has 2 N–H and O–H groups in total. The molecule has 0 aliphatic carbocycles. The van der Waals surface area contributed by atoms with Crippen LogP contribution in [0.25, 0.3) is 0 Å². The molecule has 2 fully saturated rings. The van der Waals surface area contributed by atoms with Gasteiger partial charge >= 0.3 is 0 Å². The van der Waals surface area contributed by atoms with Crippen LogP contribution < -0.4 is 5.73 Å². The van der Waals surface area contributed by atoms with E-state index in [4.69, 9.17) is 19.9 Å². The standard InChI is InChI=1S/C13H16FNO3/c14-9-3-1-2-8(4-9)5-16-11-7-18-12-10(15)6-17-13(11)12/h1-4,10-13H,5-7,15H2. The molecule has 0 spiro atoms. The Morgan fingerprint density at radius 2 is 2.11 bits per heavy atom. The molecule has 2 saturated heterocycles. The van der Waals surface area contributed by atoms with Crippen molar-refractivity contribution < 1.29 is 18.6 Å². The summed E-state index contributed by atoms with van der Waals surface area (Å²) in [5, 5.41) is 0. The van der Waals surface area contributed by atoms with Crippen molar-refractivity contribution in [2.45, 2.75) is 31.0 Å². The van der Waals surface area contributed by atoms with Gasteiger partial charge in [-0.25, -0.2) is 4.39 Å². The number of ether oxygens (including phenoxy) is 3. The van der Waals surface area contributed by atoms with E-state index in [1.54, 1.807) is 6.07 Å². The Morgan fingerprint density at radius 1 is 1.28 bits per heavy atom. The first kappa shape index (κ1) is 12.0. The molecular weight excluding hydrogens is 237 g/mol. The van der Waals surface area contributed by atoms with Crippen LogP contribution in [0.5, 0.6) is 0 Å². The van der Waals surface area contributed by atoms with E-state index in [-0.39, 0.29) is 30.2 Å². The molecule has 0 bridgehead atoms. The zero-order valence-corrected chi connectivity index (χ0v) is 9.92. The summed E-state index contributed by atoms with van der Waals surface area (Å²) in [5.74, 6) is -0.254. The molecule has 2 aliphatic heterocycles. The number of hydrogen-bond donors (Lipinski definition) is 1. The van der Waals surface area contributed by atoms with Crippen molar-refractivity contribution in [2.75, 3.05) is 13.2 Å². The molecule has 2 heterocycles. The lowest BCUT2D eigenvalue weighted by molar-refractivity contribution is -0.0390. The highest BCUT2D eigenvalue weighted by atomic mass is 19.1. The molecule has 5 heteroatoms. The molecule has 0 radical (unpaired) electrons. The fourth-order valence-electron chi connectivity index (χ4n) is 2.47. The van der Waals surface area contributed by atoms with Crippen LogP contribution in [0, 0.1) is 5.82 Å². The van der Waals surface area contributed by atoms with E-state index in [2.05, 4.69) is 0 Å². The van der Waals surface area contributed by atoms with E-state index < -0.39 is 0 Å². The smallest absolute Gasteiger partial charge is 0.123 e. The van der Waals surface area contributed by atoms with E-state index >= 15 is 0 Å². The lowest BCUT2D eigenvalue weighted by Gasteiger charge is -2.16. The molecule has 4 nitrogen and oxygen atoms in total. The average Bonchev–Trinajstić information content (AvgIpc) is 2.91. The van der Waals surface area contributed by atoms with Gasteiger partial charge in [-0.1, -0.05) is 12.1 Å². The first-order valence-electron chi connectivity index (χ1n) is 6.09. The van der Waals surface area contributed by atoms with Gasteiger partial charge < -0.3 is 19.9 Å². The van der Waals surface area contributed by atoms with E-state index in [0.717, 1.165) is 5.56 Å². The summed E-state index contributed by atoms with van der Waals surface area (Å²) in [4.78, 5) is 0. The van der Waals surface area contributed by atoms with Crippen molar-refractivity contribution in [3.63, 3.8) is 0 Å². The second-order valence-electron chi connectivity index (χ2n) is 4.74. The van der Waals surface area contributed by atoms with E-state index in [1.165, 1.54) is 12.1 Å². The van der Waals surface area contributed by atoms with Gasteiger partial charge in [0.25, 0.3) is 0 Å². The molecule has 0 aromatic heterocycles. The maximum Gasteiger partial charge on any atom is 0.123 e. The zero-order valence-electron chi connectivity index (χ0n) is 9.92. The predicted molar refractivity (Wildman–Crippen MR) is 62.4 cm³/mol. The van der Waals surface area contributed by atoms with Gasteiger partial charge in [-0.2, -0.15) is 0 Å². The van der Waals surface area contributed by atoms with Crippen LogP contribution in [-0.2, 0) is 20.8 Å². The monoisotopic (exact) mass is 253 g/mol. The molecule has 1 aromatic rings. The van der Waals surface area contributed by atoms with Crippen molar-refractivity contribution in [1.29, 1.82) is 0 Å². The summed E-state index contributed by atoms with van der Waals surface area (Å²) in [6.07, 6.45) is -0.275. The third-order valence-corrected chi connectivity index (χ3v) is 3.40. The van der Waals surface area contributed by atoms with E-state index in [0.29, 0.717) is 19.8 Å². The zero-order chi connectivity index (χ0) is 12.5. The number of halogens is 1. The summed E-state index contributed by atoms with van der Waals surface area (Å²) >= 11 is 0. The van der Waals surface area contributed by atoms with Crippen LogP contribution in [0.3, 0.4) is 0 Å². The van der Waals surface area contributed by atoms with Gasteiger partial charge in [0.05, 0.1) is 25.9 Å². The van der Waals surface area contributed by atoms with Gasteiger partial charge in [-0.15, -0.1) is 0 Å². The Balaban J connectivity index is 1.58. The fraction of sp³-hybridized carbons (Fsp3) is 0.538. The third kappa shape index (κ3) is 2.27. The number of hydrogen-bond acceptors (Lipinski definition) is 4. The van der Waals surface area contributed by atoms with Crippen molar-refractivity contribution in [3.8, 4) is 0 Å². The Kier molecular flexibility index (Phi) is 3.30. The van der Waals surface area contributed by atoms with Gasteiger partial charge in [0, 0.05) is 0 Å². The highest BCUT2D eigenvalue weighted by molar-refractivity contribution is 5.15. The van der Waals surface area contributed by atoms with Crippen LogP contribution in [0.4, 0.5) is 4.39 Å². The normalized spacial score (nSPS) is 34.8. The minimum atomic E-state index is -0.254. The average molecular weight is 253 g/mol. The van der Waals surface area contributed by atoms with Gasteiger partial charge in [-0.3, -0.25) is 0 Å². The third-order valence-electron chi connectivity index (χ3n) is 3.40. The topological polar surface area (TPSA) is 53.7 Å². The summed E-state index contributed by atoms with van der Waals surface area (Å²) in [6.45, 7) is 1.35. The number of rotatable bonds is 3. The lowest BCUT2D eigenvalue weighted by atomic mass is 10.1. The second kappa shape index (κ2) is 4.93. The van der Waals surface area contributed by atoms with Crippen LogP contribution >= 0.6 is 0 Å². The number of fused-ring (bicyclic) bond motifs is 1. The molecule has 98 valence electrons. The summed E-state index contributed by atoms with van der Waals surface area (Å²) in [6, 6.07) is 6.31. The summed E-state index contributed by atoms with van der Waals surface area (Å²) < 4.78 is 29.9. The number of nitrogens with two attached hydrogens (primary N) is 1. The van der Waals surface area contributed by atoms with Crippen LogP contribution in [0.1, 0.15) is 5.56 Å². The molecule has 2 aliphatic rings. The fourth-order valence-corrected chi connectivity index (χ4v) is 2.47. The van der Waals surface area contributed by atoms with Gasteiger partial charge in [0.1, 0.15) is 24.1 Å². The highest BCUT2D eigenvalue weighted by Gasteiger charge is 2.46. The SMILES string of the molecule is NC1COC2C(OCc3cccc(F)c3)COC12. The molecule has 1 aromatic carbocycles. The van der Waals surface area contributed by atoms with Crippen LogP contribution in [0.15, 0.2) is 24.3 Å². The second-order valence-corrected chi connectivity index (χ2v) is 4.74. The van der Waals surface area contributed by atoms with Gasteiger partial charge in [0.2, 0.25) is 0 Å². The maximum atomic E-state index is 13.0. The molecule has 4 atom stereocenters. The van der Waals surface area contributed by atoms with E-state index in [9.17, 15) is 4.39 Å². The molecule has 0 amide bonds. The minimum absolute atomic E-state index is 0.0671. The number of benzene rings is 1. The first-order valence-corrected chi connectivity index (χ1v) is 6.09. The summed E-state index contributed by atoms with van der Waals surface area (Å²) in [7, 11) is 0. The van der Waals surface area contributed by atoms with Crippen molar-refractivity contribution in [2.24, 2.45) is 5.73 Å². The maximum absolute atomic E-state index is 13.0. The highest BCUT2D eigenvalue weighted by Crippen LogP contribution is 2.28. The Labute approximate surface area is 105 Å². The van der Waals surface area contributed by atoms with Crippen LogP contribution in [-0.4, -0.2) is 37.6 Å². The molecule has 3 rings (SSSR count). The van der Waals surface area contributed by atoms with Crippen molar-refractivity contribution in [1.82, 2.24) is 0 Å². The minimum Gasteiger partial charge on any atom is -0.371 e. The summed E-state index contributed by atoms with van der Waals surface area (Å²) in [5.41, 5.74) is 6.66. The molecule has 0 saturated carbocycles. The van der Waals surface area contributed by atoms with Crippen molar-refractivity contribution in [3.05, 3.63) is 35.6 Å². The molecule has 18 heavy (non-hydrogen) atoms. The lowest BCUT2D eigenvalue weighted by Crippen LogP contribution is -2.37. The quantitative estimate of drug-likeness (QED) is 0.867. The van der Waals surface area contributed by atoms with Gasteiger partial charge in [0.15, 0.2) is 0 Å². The Hall–Kier alpha value is -1.01. The van der Waals surface area contributed by atoms with E-state index in [1.807, 2.05) is 6.07 Å². The largest absolute Gasteiger partial charge is 0.371 e. The molecular formula is C13H16FNO3. The van der Waals surface area contributed by atoms with Gasteiger partial charge in [-0.05, 0) is 17.7 Å². The Bertz CT molecular complexity index is 428. The molecule has 4 unspecified atom stereocenters. The first-order chi connectivity index (χ1) is 8.74. The van der Waals surface area contributed by atoms with Crippen molar-refractivity contribution >= 4 is 0 Å². The van der Waals surface area contributed by atoms with Crippen LogP contribution in [0.2, 0.25) is 0 Å². The Morgan fingerprint density at radius 3 is 2.94 bits per heavy atom. The predicted octanol–water partition coefficient (Wildman–Crippen LogP) is 0.836.